The molecule has 2 rings (SSSR count). The molecule has 0 aliphatic heterocycles. The molecule has 0 amide bonds. The summed E-state index contributed by atoms with van der Waals surface area (Å²) in [7, 11) is 1.58. The Hall–Kier alpha value is -2.21. The first-order chi connectivity index (χ1) is 8.76. The first kappa shape index (κ1) is 12.3. The molecule has 0 fully saturated rings. The maximum Gasteiger partial charge on any atom is 0.212 e. The number of nitrogens with one attached hydrogen (secondary N) is 1. The number of anilines is 1. The smallest absolute Gasteiger partial charge is 0.212 e. The Bertz CT molecular complexity index is 504. The lowest BCUT2D eigenvalue weighted by Gasteiger charge is -2.06. The monoisotopic (exact) mass is 245 g/mol. The number of nitrogen functional groups attached to an aromatic ring is 1. The van der Waals surface area contributed by atoms with Crippen LogP contribution < -0.4 is 16.0 Å². The Balaban J connectivity index is 2.41. The normalized spacial score (nSPS) is 10.2. The van der Waals surface area contributed by atoms with Crippen molar-refractivity contribution < 1.29 is 4.74 Å². The molecule has 94 valence electrons. The topological polar surface area (TPSA) is 86.0 Å². The molecule has 0 saturated carbocycles. The SMILES string of the molecule is CCc1cc(NN)nc(-c2ccc(OC)nc2)n1. The zero-order valence-corrected chi connectivity index (χ0v) is 10.3. The molecule has 0 bridgehead atoms. The third kappa shape index (κ3) is 2.54. The third-order valence-electron chi connectivity index (χ3n) is 2.49. The van der Waals surface area contributed by atoms with E-state index in [9.17, 15) is 0 Å². The number of rotatable bonds is 4. The first-order valence-corrected chi connectivity index (χ1v) is 5.61. The second-order valence-corrected chi connectivity index (χ2v) is 3.66. The number of pyridine rings is 1. The minimum absolute atomic E-state index is 0.558. The molecule has 0 radical (unpaired) electrons. The summed E-state index contributed by atoms with van der Waals surface area (Å²) in [6.07, 6.45) is 2.49. The fraction of sp³-hybridized carbons (Fsp3) is 0.250. The van der Waals surface area contributed by atoms with E-state index >= 15 is 0 Å². The lowest BCUT2D eigenvalue weighted by molar-refractivity contribution is 0.398. The van der Waals surface area contributed by atoms with Crippen molar-refractivity contribution in [1.82, 2.24) is 15.0 Å². The minimum Gasteiger partial charge on any atom is -0.481 e. The van der Waals surface area contributed by atoms with Crippen molar-refractivity contribution in [2.45, 2.75) is 13.3 Å². The fourth-order valence-corrected chi connectivity index (χ4v) is 1.51. The number of hydrogen-bond donors (Lipinski definition) is 2. The zero-order chi connectivity index (χ0) is 13.0. The maximum absolute atomic E-state index is 5.39. The number of aryl methyl sites for hydroxylation is 1. The summed E-state index contributed by atoms with van der Waals surface area (Å²) >= 11 is 0. The van der Waals surface area contributed by atoms with Crippen LogP contribution in [0.15, 0.2) is 24.4 Å². The predicted molar refractivity (Wildman–Crippen MR) is 69.0 cm³/mol. The van der Waals surface area contributed by atoms with E-state index < -0.39 is 0 Å². The third-order valence-corrected chi connectivity index (χ3v) is 2.49. The van der Waals surface area contributed by atoms with E-state index in [1.807, 2.05) is 19.1 Å². The Morgan fingerprint density at radius 3 is 2.72 bits per heavy atom. The van der Waals surface area contributed by atoms with Crippen molar-refractivity contribution in [3.8, 4) is 17.3 Å². The highest BCUT2D eigenvalue weighted by molar-refractivity contribution is 5.56. The average Bonchev–Trinajstić information content (AvgIpc) is 2.46. The summed E-state index contributed by atoms with van der Waals surface area (Å²) in [5.74, 6) is 7.13. The van der Waals surface area contributed by atoms with E-state index in [4.69, 9.17) is 10.6 Å². The molecule has 3 N–H and O–H groups in total. The molecule has 6 heteroatoms. The Labute approximate surface area is 105 Å². The van der Waals surface area contributed by atoms with Crippen LogP contribution in [-0.4, -0.2) is 22.1 Å². The quantitative estimate of drug-likeness (QED) is 0.625. The number of nitrogens with zero attached hydrogens (tertiary/aromatic N) is 3. The van der Waals surface area contributed by atoms with Gasteiger partial charge in [0.05, 0.1) is 7.11 Å². The Morgan fingerprint density at radius 2 is 2.17 bits per heavy atom. The molecule has 6 nitrogen and oxygen atoms in total. The Kier molecular flexibility index (Phi) is 3.69. The molecule has 0 unspecified atom stereocenters. The minimum atomic E-state index is 0.558. The molecule has 0 spiro atoms. The van der Waals surface area contributed by atoms with Gasteiger partial charge < -0.3 is 10.2 Å². The molecular weight excluding hydrogens is 230 g/mol. The van der Waals surface area contributed by atoms with Gasteiger partial charge in [0.25, 0.3) is 0 Å². The van der Waals surface area contributed by atoms with Crippen LogP contribution in [0.4, 0.5) is 5.82 Å². The summed E-state index contributed by atoms with van der Waals surface area (Å²) in [5.41, 5.74) is 4.28. The van der Waals surface area contributed by atoms with Gasteiger partial charge >= 0.3 is 0 Å². The van der Waals surface area contributed by atoms with Crippen LogP contribution in [0.2, 0.25) is 0 Å². The highest BCUT2D eigenvalue weighted by atomic mass is 16.5. The molecular formula is C12H15N5O. The van der Waals surface area contributed by atoms with Gasteiger partial charge in [0.15, 0.2) is 5.82 Å². The highest BCUT2D eigenvalue weighted by Gasteiger charge is 2.06. The standard InChI is InChI=1S/C12H15N5O/c1-3-9-6-10(17-13)16-12(15-9)8-4-5-11(18-2)14-7-8/h4-7H,3,13H2,1-2H3,(H,15,16,17). The van der Waals surface area contributed by atoms with E-state index in [-0.39, 0.29) is 0 Å². The van der Waals surface area contributed by atoms with Gasteiger partial charge in [0.2, 0.25) is 5.88 Å². The van der Waals surface area contributed by atoms with Gasteiger partial charge in [0.1, 0.15) is 5.82 Å². The van der Waals surface area contributed by atoms with Crippen molar-refractivity contribution in [2.75, 3.05) is 12.5 Å². The summed E-state index contributed by atoms with van der Waals surface area (Å²) < 4.78 is 5.01. The second-order valence-electron chi connectivity index (χ2n) is 3.66. The summed E-state index contributed by atoms with van der Waals surface area (Å²) in [5, 5.41) is 0. The summed E-state index contributed by atoms with van der Waals surface area (Å²) in [4.78, 5) is 12.9. The molecule has 18 heavy (non-hydrogen) atoms. The first-order valence-electron chi connectivity index (χ1n) is 5.61. The number of methoxy groups -OCH3 is 1. The van der Waals surface area contributed by atoms with Gasteiger partial charge in [-0.05, 0) is 12.5 Å². The van der Waals surface area contributed by atoms with Crippen LogP contribution >= 0.6 is 0 Å². The molecule has 2 aromatic heterocycles. The van der Waals surface area contributed by atoms with E-state index in [1.165, 1.54) is 0 Å². The van der Waals surface area contributed by atoms with E-state index in [0.717, 1.165) is 17.7 Å². The van der Waals surface area contributed by atoms with E-state index in [1.54, 1.807) is 19.4 Å². The van der Waals surface area contributed by atoms with Crippen LogP contribution in [0.1, 0.15) is 12.6 Å². The molecule has 0 aliphatic carbocycles. The van der Waals surface area contributed by atoms with Crippen molar-refractivity contribution >= 4 is 5.82 Å². The number of nitrogens with two attached hydrogens (primary N) is 1. The van der Waals surface area contributed by atoms with Crippen LogP contribution in [0, 0.1) is 0 Å². The lowest BCUT2D eigenvalue weighted by Crippen LogP contribution is -2.10. The maximum atomic E-state index is 5.39. The Morgan fingerprint density at radius 1 is 1.33 bits per heavy atom. The lowest BCUT2D eigenvalue weighted by atomic mass is 10.2. The van der Waals surface area contributed by atoms with Gasteiger partial charge in [-0.25, -0.2) is 20.8 Å². The van der Waals surface area contributed by atoms with Gasteiger partial charge in [-0.3, -0.25) is 0 Å². The van der Waals surface area contributed by atoms with Crippen molar-refractivity contribution in [1.29, 1.82) is 0 Å². The number of aromatic nitrogens is 3. The molecule has 0 atom stereocenters. The number of hydrazine groups is 1. The predicted octanol–water partition coefficient (Wildman–Crippen LogP) is 1.40. The zero-order valence-electron chi connectivity index (χ0n) is 10.3. The highest BCUT2D eigenvalue weighted by Crippen LogP contribution is 2.19. The van der Waals surface area contributed by atoms with E-state index in [0.29, 0.717) is 17.5 Å². The van der Waals surface area contributed by atoms with Crippen LogP contribution in [0.5, 0.6) is 5.88 Å². The van der Waals surface area contributed by atoms with Gasteiger partial charge in [-0.2, -0.15) is 0 Å². The molecule has 0 aliphatic rings. The fourth-order valence-electron chi connectivity index (χ4n) is 1.51. The largest absolute Gasteiger partial charge is 0.481 e. The van der Waals surface area contributed by atoms with Crippen LogP contribution in [0.25, 0.3) is 11.4 Å². The number of hydrogen-bond acceptors (Lipinski definition) is 6. The van der Waals surface area contributed by atoms with Gasteiger partial charge in [-0.15, -0.1) is 0 Å². The molecule has 0 saturated heterocycles. The molecule has 2 aromatic rings. The summed E-state index contributed by atoms with van der Waals surface area (Å²) in [6.45, 7) is 2.03. The van der Waals surface area contributed by atoms with Crippen molar-refractivity contribution in [3.63, 3.8) is 0 Å². The van der Waals surface area contributed by atoms with Gasteiger partial charge in [-0.1, -0.05) is 6.92 Å². The van der Waals surface area contributed by atoms with Crippen molar-refractivity contribution in [2.24, 2.45) is 5.84 Å². The van der Waals surface area contributed by atoms with Crippen LogP contribution in [0.3, 0.4) is 0 Å². The van der Waals surface area contributed by atoms with Crippen molar-refractivity contribution in [3.05, 3.63) is 30.1 Å². The second kappa shape index (κ2) is 5.42. The average molecular weight is 245 g/mol. The number of ether oxygens (including phenoxy) is 1. The summed E-state index contributed by atoms with van der Waals surface area (Å²) in [6, 6.07) is 5.45. The van der Waals surface area contributed by atoms with E-state index in [2.05, 4.69) is 20.4 Å². The van der Waals surface area contributed by atoms with Gasteiger partial charge in [0, 0.05) is 29.6 Å². The molecule has 2 heterocycles. The molecule has 0 aromatic carbocycles. The van der Waals surface area contributed by atoms with Crippen LogP contribution in [-0.2, 0) is 6.42 Å².